The van der Waals surface area contributed by atoms with Crippen molar-refractivity contribution in [2.75, 3.05) is 5.88 Å². The summed E-state index contributed by atoms with van der Waals surface area (Å²) >= 11 is 8.89. The van der Waals surface area contributed by atoms with Crippen molar-refractivity contribution >= 4 is 23.2 Å². The van der Waals surface area contributed by atoms with E-state index in [1.54, 1.807) is 0 Å². The number of halogens is 5. The molecule has 0 aromatic carbocycles. The second-order valence-corrected chi connectivity index (χ2v) is 1.98. The van der Waals surface area contributed by atoms with Gasteiger partial charge in [0.25, 0.3) is 0 Å². The highest BCUT2D eigenvalue weighted by Gasteiger charge is 2.36. The van der Waals surface area contributed by atoms with E-state index in [2.05, 4.69) is 11.6 Å². The van der Waals surface area contributed by atoms with Crippen LogP contribution < -0.4 is 0 Å². The van der Waals surface area contributed by atoms with Gasteiger partial charge < -0.3 is 0 Å². The number of hydrogen-bond acceptors (Lipinski definition) is 0. The van der Waals surface area contributed by atoms with Crippen LogP contribution in [-0.4, -0.2) is 17.4 Å². The molecule has 0 fully saturated rings. The first-order valence-electron chi connectivity index (χ1n) is 1.75. The van der Waals surface area contributed by atoms with Gasteiger partial charge in [0.2, 0.25) is 0 Å². The van der Waals surface area contributed by atoms with Gasteiger partial charge in [-0.2, -0.15) is 8.78 Å². The Morgan fingerprint density at radius 3 is 1.88 bits per heavy atom. The fourth-order valence-corrected chi connectivity index (χ4v) is 0.437. The molecule has 0 aromatic rings. The van der Waals surface area contributed by atoms with Crippen LogP contribution in [0, 0.1) is 0 Å². The van der Waals surface area contributed by atoms with Crippen LogP contribution in [0.1, 0.15) is 0 Å². The third-order valence-electron chi connectivity index (χ3n) is 0.491. The van der Waals surface area contributed by atoms with Gasteiger partial charge in [-0.05, 0) is 11.6 Å². The predicted molar refractivity (Wildman–Crippen MR) is 26.4 cm³/mol. The third-order valence-corrected chi connectivity index (χ3v) is 0.998. The fraction of sp³-hybridized carbons (Fsp3) is 1.00. The number of hydrogen-bond donors (Lipinski definition) is 0. The minimum atomic E-state index is -3.82. The highest BCUT2D eigenvalue weighted by atomic mass is 35.5. The Morgan fingerprint density at radius 2 is 1.88 bits per heavy atom. The second-order valence-electron chi connectivity index (χ2n) is 1.16. The Bertz CT molecular complexity index is 69.4. The molecule has 0 saturated heterocycles. The van der Waals surface area contributed by atoms with E-state index in [0.717, 1.165) is 0 Å². The van der Waals surface area contributed by atoms with Gasteiger partial charge in [0, 0.05) is 0 Å². The topological polar surface area (TPSA) is 0 Å². The van der Waals surface area contributed by atoms with Crippen LogP contribution in [0.25, 0.3) is 0 Å². The van der Waals surface area contributed by atoms with Gasteiger partial charge >= 0.3 is 5.38 Å². The lowest BCUT2D eigenvalue weighted by Gasteiger charge is -2.08. The molecule has 0 N–H and O–H groups in total. The zero-order valence-corrected chi connectivity index (χ0v) is 5.19. The Labute approximate surface area is 54.6 Å². The lowest BCUT2D eigenvalue weighted by Crippen LogP contribution is -2.24. The van der Waals surface area contributed by atoms with Gasteiger partial charge in [0.05, 0.1) is 5.88 Å². The maximum atomic E-state index is 11.6. The molecular weight excluding hydrogens is 164 g/mol. The predicted octanol–water partition coefficient (Wildman–Crippen LogP) is 2.39. The highest BCUT2D eigenvalue weighted by Crippen LogP contribution is 2.26. The van der Waals surface area contributed by atoms with Crippen LogP contribution in [0.5, 0.6) is 0 Å². The van der Waals surface area contributed by atoms with Crippen molar-refractivity contribution in [3.8, 4) is 0 Å². The molecule has 0 aliphatic carbocycles. The molecule has 0 aliphatic heterocycles. The molecule has 0 nitrogen and oxygen atoms in total. The maximum Gasteiger partial charge on any atom is 0.353 e. The smallest absolute Gasteiger partial charge is 0.238 e. The molecule has 0 heterocycles. The average Bonchev–Trinajstić information content (AvgIpc) is 1.62. The van der Waals surface area contributed by atoms with Crippen molar-refractivity contribution in [1.82, 2.24) is 0 Å². The molecule has 0 rings (SSSR count). The average molecular weight is 167 g/mol. The molecule has 0 aliphatic rings. The van der Waals surface area contributed by atoms with Gasteiger partial charge in [0.1, 0.15) is 0 Å². The Kier molecular flexibility index (Phi) is 2.91. The molecule has 0 aromatic heterocycles. The van der Waals surface area contributed by atoms with Crippen LogP contribution in [-0.2, 0) is 0 Å². The Hall–Kier alpha value is 0.370. The molecule has 8 heavy (non-hydrogen) atoms. The first kappa shape index (κ1) is 8.37. The second kappa shape index (κ2) is 2.78. The normalized spacial score (nSPS) is 16.1. The van der Waals surface area contributed by atoms with E-state index in [9.17, 15) is 13.2 Å². The van der Waals surface area contributed by atoms with Crippen LogP contribution in [0.3, 0.4) is 0 Å². The molecular formula is C3H3Cl2F3. The van der Waals surface area contributed by atoms with Crippen LogP contribution in [0.4, 0.5) is 13.2 Å². The lowest BCUT2D eigenvalue weighted by atomic mass is 10.5. The number of alkyl halides is 5. The third kappa shape index (κ3) is 2.62. The monoisotopic (exact) mass is 166 g/mol. The zero-order valence-electron chi connectivity index (χ0n) is 3.67. The maximum absolute atomic E-state index is 11.6. The number of rotatable bonds is 2. The van der Waals surface area contributed by atoms with E-state index in [4.69, 9.17) is 11.6 Å². The van der Waals surface area contributed by atoms with E-state index in [0.29, 0.717) is 0 Å². The van der Waals surface area contributed by atoms with E-state index in [-0.39, 0.29) is 0 Å². The summed E-state index contributed by atoms with van der Waals surface area (Å²) in [6.07, 6.45) is -2.45. The molecule has 0 spiro atoms. The van der Waals surface area contributed by atoms with Crippen molar-refractivity contribution < 1.29 is 13.2 Å². The van der Waals surface area contributed by atoms with Crippen molar-refractivity contribution in [3.05, 3.63) is 0 Å². The summed E-state index contributed by atoms with van der Waals surface area (Å²) in [5, 5.41) is -3.82. The summed E-state index contributed by atoms with van der Waals surface area (Å²) in [7, 11) is 0. The zero-order chi connectivity index (χ0) is 6.78. The Morgan fingerprint density at radius 1 is 1.50 bits per heavy atom. The Balaban J connectivity index is 3.62. The van der Waals surface area contributed by atoms with Crippen LogP contribution in [0.15, 0.2) is 0 Å². The summed E-state index contributed by atoms with van der Waals surface area (Å²) in [6, 6.07) is 0. The van der Waals surface area contributed by atoms with E-state index >= 15 is 0 Å². The first-order chi connectivity index (χ1) is 3.48. The van der Waals surface area contributed by atoms with Crippen molar-refractivity contribution in [2.45, 2.75) is 11.6 Å². The summed E-state index contributed by atoms with van der Waals surface area (Å²) in [5.41, 5.74) is 0. The molecule has 0 saturated carbocycles. The van der Waals surface area contributed by atoms with Gasteiger partial charge in [-0.15, -0.1) is 11.6 Å². The summed E-state index contributed by atoms with van der Waals surface area (Å²) in [5.74, 6) is -0.781. The van der Waals surface area contributed by atoms with E-state index in [1.807, 2.05) is 0 Å². The minimum Gasteiger partial charge on any atom is -0.238 e. The molecule has 50 valence electrons. The largest absolute Gasteiger partial charge is 0.353 e. The van der Waals surface area contributed by atoms with Gasteiger partial charge in [-0.1, -0.05) is 0 Å². The minimum absolute atomic E-state index is 0.781. The van der Waals surface area contributed by atoms with Crippen LogP contribution in [0.2, 0.25) is 0 Å². The van der Waals surface area contributed by atoms with E-state index < -0.39 is 17.4 Å². The summed E-state index contributed by atoms with van der Waals surface area (Å²) in [6.45, 7) is 0. The standard InChI is InChI=1S/C3H3Cl2F3/c4-1-2(6)3(5,7)8/h2H,1H2. The molecule has 0 bridgehead atoms. The van der Waals surface area contributed by atoms with Gasteiger partial charge in [-0.25, -0.2) is 4.39 Å². The summed E-state index contributed by atoms with van der Waals surface area (Å²) in [4.78, 5) is 0. The molecule has 0 radical (unpaired) electrons. The quantitative estimate of drug-likeness (QED) is 0.553. The SMILES string of the molecule is FC(CCl)C(F)(F)Cl. The molecule has 1 unspecified atom stereocenters. The van der Waals surface area contributed by atoms with Crippen molar-refractivity contribution in [1.29, 1.82) is 0 Å². The molecule has 0 amide bonds. The van der Waals surface area contributed by atoms with Crippen LogP contribution >= 0.6 is 23.2 Å². The first-order valence-corrected chi connectivity index (χ1v) is 2.66. The van der Waals surface area contributed by atoms with Crippen molar-refractivity contribution in [3.63, 3.8) is 0 Å². The highest BCUT2D eigenvalue weighted by molar-refractivity contribution is 6.23. The lowest BCUT2D eigenvalue weighted by molar-refractivity contribution is 0.0177. The molecule has 5 heteroatoms. The molecule has 1 atom stereocenters. The van der Waals surface area contributed by atoms with Gasteiger partial charge in [0.15, 0.2) is 6.17 Å². The summed E-state index contributed by atoms with van der Waals surface area (Å²) < 4.78 is 34.5. The van der Waals surface area contributed by atoms with E-state index in [1.165, 1.54) is 0 Å². The van der Waals surface area contributed by atoms with Crippen molar-refractivity contribution in [2.24, 2.45) is 0 Å². The van der Waals surface area contributed by atoms with Gasteiger partial charge in [-0.3, -0.25) is 0 Å². The fourth-order valence-electron chi connectivity index (χ4n) is 0.0875.